The van der Waals surface area contributed by atoms with Gasteiger partial charge in [0.05, 0.1) is 17.8 Å². The molecule has 0 spiro atoms. The largest absolute Gasteiger partial charge is 0.389 e. The molecule has 15 heavy (non-hydrogen) atoms. The first-order valence-electron chi connectivity index (χ1n) is 5.95. The number of ether oxygens (including phenoxy) is 1. The van der Waals surface area contributed by atoms with Crippen LogP contribution in [-0.2, 0) is 4.74 Å². The molecule has 0 radical (unpaired) electrons. The molecular formula is C12H25NO2. The van der Waals surface area contributed by atoms with Gasteiger partial charge < -0.3 is 15.6 Å². The van der Waals surface area contributed by atoms with E-state index < -0.39 is 5.60 Å². The van der Waals surface area contributed by atoms with Gasteiger partial charge >= 0.3 is 0 Å². The summed E-state index contributed by atoms with van der Waals surface area (Å²) in [5.74, 6) is 0. The van der Waals surface area contributed by atoms with Crippen molar-refractivity contribution in [3.05, 3.63) is 0 Å². The van der Waals surface area contributed by atoms with Gasteiger partial charge in [-0.3, -0.25) is 0 Å². The van der Waals surface area contributed by atoms with Gasteiger partial charge in [0.1, 0.15) is 0 Å². The van der Waals surface area contributed by atoms with Crippen molar-refractivity contribution >= 4 is 0 Å². The molecule has 1 aliphatic rings. The molecular weight excluding hydrogens is 190 g/mol. The number of hydrogen-bond donors (Lipinski definition) is 2. The third-order valence-electron chi connectivity index (χ3n) is 4.07. The van der Waals surface area contributed by atoms with E-state index in [0.717, 1.165) is 6.42 Å². The van der Waals surface area contributed by atoms with E-state index in [-0.39, 0.29) is 17.6 Å². The number of rotatable bonds is 3. The van der Waals surface area contributed by atoms with Crippen molar-refractivity contribution in [3.8, 4) is 0 Å². The molecule has 0 aliphatic carbocycles. The summed E-state index contributed by atoms with van der Waals surface area (Å²) in [5.41, 5.74) is 4.96. The van der Waals surface area contributed by atoms with Crippen LogP contribution < -0.4 is 5.73 Å². The molecule has 0 aromatic heterocycles. The van der Waals surface area contributed by atoms with Crippen molar-refractivity contribution < 1.29 is 9.84 Å². The summed E-state index contributed by atoms with van der Waals surface area (Å²) in [6, 6.07) is 0. The Kier molecular flexibility index (Phi) is 3.80. The zero-order chi connectivity index (χ0) is 11.7. The predicted octanol–water partition coefficient (Wildman–Crippen LogP) is 1.68. The molecule has 3 unspecified atom stereocenters. The zero-order valence-electron chi connectivity index (χ0n) is 10.4. The molecule has 1 aliphatic heterocycles. The van der Waals surface area contributed by atoms with Gasteiger partial charge in [-0.2, -0.15) is 0 Å². The Morgan fingerprint density at radius 2 is 1.87 bits per heavy atom. The van der Waals surface area contributed by atoms with Crippen molar-refractivity contribution in [1.29, 1.82) is 0 Å². The highest BCUT2D eigenvalue weighted by Crippen LogP contribution is 2.43. The Hall–Kier alpha value is -0.120. The Morgan fingerprint density at radius 1 is 1.40 bits per heavy atom. The second-order valence-corrected chi connectivity index (χ2v) is 5.32. The van der Waals surface area contributed by atoms with Gasteiger partial charge in [-0.25, -0.2) is 0 Å². The minimum absolute atomic E-state index is 0.121. The lowest BCUT2D eigenvalue weighted by Crippen LogP contribution is -2.56. The van der Waals surface area contributed by atoms with Gasteiger partial charge in [0.15, 0.2) is 0 Å². The van der Waals surface area contributed by atoms with Gasteiger partial charge in [-0.15, -0.1) is 0 Å². The quantitative estimate of drug-likeness (QED) is 0.753. The molecule has 3 nitrogen and oxygen atoms in total. The van der Waals surface area contributed by atoms with Crippen LogP contribution in [0.1, 0.15) is 47.0 Å². The molecule has 0 aromatic carbocycles. The van der Waals surface area contributed by atoms with E-state index >= 15 is 0 Å². The Balaban J connectivity index is 2.88. The predicted molar refractivity (Wildman–Crippen MR) is 61.6 cm³/mol. The van der Waals surface area contributed by atoms with Crippen molar-refractivity contribution in [2.75, 3.05) is 6.54 Å². The van der Waals surface area contributed by atoms with Gasteiger partial charge in [-0.1, -0.05) is 13.8 Å². The second-order valence-electron chi connectivity index (χ2n) is 5.32. The van der Waals surface area contributed by atoms with Crippen LogP contribution in [0, 0.1) is 5.41 Å². The molecule has 1 heterocycles. The van der Waals surface area contributed by atoms with Crippen molar-refractivity contribution in [1.82, 2.24) is 0 Å². The first-order chi connectivity index (χ1) is 6.87. The molecule has 0 aromatic rings. The maximum Gasteiger partial charge on any atom is 0.0762 e. The van der Waals surface area contributed by atoms with E-state index in [9.17, 15) is 5.11 Å². The minimum Gasteiger partial charge on any atom is -0.389 e. The summed E-state index contributed by atoms with van der Waals surface area (Å²) < 4.78 is 5.66. The third-order valence-corrected chi connectivity index (χ3v) is 4.07. The van der Waals surface area contributed by atoms with Crippen LogP contribution in [0.5, 0.6) is 0 Å². The summed E-state index contributed by atoms with van der Waals surface area (Å²) in [5, 5.41) is 10.8. The fourth-order valence-corrected chi connectivity index (χ4v) is 2.68. The molecule has 0 saturated carbocycles. The van der Waals surface area contributed by atoms with Crippen LogP contribution in [0.25, 0.3) is 0 Å². The average molecular weight is 215 g/mol. The Labute approximate surface area is 93.0 Å². The van der Waals surface area contributed by atoms with E-state index in [1.54, 1.807) is 0 Å². The Morgan fingerprint density at radius 3 is 2.20 bits per heavy atom. The van der Waals surface area contributed by atoms with Crippen LogP contribution >= 0.6 is 0 Å². The second kappa shape index (κ2) is 4.40. The Bertz CT molecular complexity index is 204. The van der Waals surface area contributed by atoms with Crippen molar-refractivity contribution in [2.24, 2.45) is 11.1 Å². The van der Waals surface area contributed by atoms with E-state index in [0.29, 0.717) is 19.4 Å². The summed E-state index contributed by atoms with van der Waals surface area (Å²) in [4.78, 5) is 0. The molecule has 0 bridgehead atoms. The highest BCUT2D eigenvalue weighted by atomic mass is 16.5. The summed E-state index contributed by atoms with van der Waals surface area (Å²) >= 11 is 0. The number of aliphatic hydroxyl groups is 1. The van der Waals surface area contributed by atoms with Gasteiger partial charge in [0.25, 0.3) is 0 Å². The summed E-state index contributed by atoms with van der Waals surface area (Å²) in [6.45, 7) is 8.74. The SMILES string of the molecule is CCC(C)(CN)C1(O)CC(C)OC(C)C1. The van der Waals surface area contributed by atoms with E-state index in [1.807, 2.05) is 13.8 Å². The monoisotopic (exact) mass is 215 g/mol. The van der Waals surface area contributed by atoms with Crippen LogP contribution in [-0.4, -0.2) is 29.5 Å². The van der Waals surface area contributed by atoms with Crippen molar-refractivity contribution in [2.45, 2.75) is 64.8 Å². The third kappa shape index (κ3) is 2.35. The van der Waals surface area contributed by atoms with E-state index in [2.05, 4.69) is 13.8 Å². The average Bonchev–Trinajstić information content (AvgIpc) is 2.14. The molecule has 3 atom stereocenters. The van der Waals surface area contributed by atoms with Gasteiger partial charge in [0, 0.05) is 24.8 Å². The fraction of sp³-hybridized carbons (Fsp3) is 1.00. The number of nitrogens with two attached hydrogens (primary N) is 1. The van der Waals surface area contributed by atoms with Crippen LogP contribution in [0.2, 0.25) is 0 Å². The molecule has 1 fully saturated rings. The fourth-order valence-electron chi connectivity index (χ4n) is 2.68. The smallest absolute Gasteiger partial charge is 0.0762 e. The maximum atomic E-state index is 10.8. The highest BCUT2D eigenvalue weighted by Gasteiger charge is 2.48. The first kappa shape index (κ1) is 12.9. The minimum atomic E-state index is -0.673. The molecule has 3 N–H and O–H groups in total. The number of hydrogen-bond acceptors (Lipinski definition) is 3. The van der Waals surface area contributed by atoms with Gasteiger partial charge in [-0.05, 0) is 20.3 Å². The standard InChI is InChI=1S/C12H25NO2/c1-5-11(4,8-13)12(14)6-9(2)15-10(3)7-12/h9-10,14H,5-8,13H2,1-4H3. The molecule has 0 amide bonds. The normalized spacial score (nSPS) is 41.2. The first-order valence-corrected chi connectivity index (χ1v) is 5.95. The van der Waals surface area contributed by atoms with Crippen molar-refractivity contribution in [3.63, 3.8) is 0 Å². The maximum absolute atomic E-state index is 10.8. The van der Waals surface area contributed by atoms with Crippen LogP contribution in [0.4, 0.5) is 0 Å². The van der Waals surface area contributed by atoms with Crippen LogP contribution in [0.3, 0.4) is 0 Å². The van der Waals surface area contributed by atoms with Gasteiger partial charge in [0.2, 0.25) is 0 Å². The summed E-state index contributed by atoms with van der Waals surface area (Å²) in [7, 11) is 0. The molecule has 90 valence electrons. The lowest BCUT2D eigenvalue weighted by Gasteiger charge is -2.49. The summed E-state index contributed by atoms with van der Waals surface area (Å²) in [6.07, 6.45) is 2.53. The zero-order valence-corrected chi connectivity index (χ0v) is 10.4. The van der Waals surface area contributed by atoms with E-state index in [4.69, 9.17) is 10.5 Å². The van der Waals surface area contributed by atoms with Crippen LogP contribution in [0.15, 0.2) is 0 Å². The molecule has 1 rings (SSSR count). The molecule has 1 saturated heterocycles. The topological polar surface area (TPSA) is 55.5 Å². The lowest BCUT2D eigenvalue weighted by molar-refractivity contribution is -0.181. The van der Waals surface area contributed by atoms with E-state index in [1.165, 1.54) is 0 Å². The molecule has 3 heteroatoms. The lowest BCUT2D eigenvalue weighted by atomic mass is 9.65. The highest BCUT2D eigenvalue weighted by molar-refractivity contribution is 5.00.